The third-order valence-electron chi connectivity index (χ3n) is 3.08. The maximum absolute atomic E-state index is 5.65. The van der Waals surface area contributed by atoms with Gasteiger partial charge in [0.15, 0.2) is 0 Å². The highest BCUT2D eigenvalue weighted by Gasteiger charge is 2.10. The number of nitrogens with two attached hydrogens (primary N) is 1. The molecule has 0 saturated heterocycles. The van der Waals surface area contributed by atoms with Crippen LogP contribution in [0.15, 0.2) is 47.2 Å². The summed E-state index contributed by atoms with van der Waals surface area (Å²) in [5.74, 6) is 0. The van der Waals surface area contributed by atoms with Crippen molar-refractivity contribution >= 4 is 38.8 Å². The first-order chi connectivity index (χ1) is 9.61. The summed E-state index contributed by atoms with van der Waals surface area (Å²) in [4.78, 5) is 6.74. The molecule has 0 aliphatic heterocycles. The lowest BCUT2D eigenvalue weighted by atomic mass is 10.1. The van der Waals surface area contributed by atoms with Gasteiger partial charge in [0.1, 0.15) is 4.99 Å². The number of aromatic nitrogens is 1. The van der Waals surface area contributed by atoms with Crippen LogP contribution in [0.1, 0.15) is 18.1 Å². The third kappa shape index (κ3) is 3.55. The van der Waals surface area contributed by atoms with Gasteiger partial charge in [0.05, 0.1) is 5.69 Å². The first kappa shape index (κ1) is 14.9. The Bertz CT molecular complexity index is 601. The van der Waals surface area contributed by atoms with Gasteiger partial charge >= 0.3 is 0 Å². The number of hydrogen-bond acceptors (Lipinski definition) is 3. The molecule has 1 heterocycles. The van der Waals surface area contributed by atoms with Crippen molar-refractivity contribution in [3.8, 4) is 0 Å². The molecule has 2 aromatic rings. The molecule has 20 heavy (non-hydrogen) atoms. The van der Waals surface area contributed by atoms with Crippen LogP contribution in [0.3, 0.4) is 0 Å². The van der Waals surface area contributed by atoms with Crippen LogP contribution >= 0.6 is 28.1 Å². The van der Waals surface area contributed by atoms with Crippen molar-refractivity contribution < 1.29 is 0 Å². The van der Waals surface area contributed by atoms with Gasteiger partial charge in [0, 0.05) is 35.5 Å². The number of nitrogens with zero attached hydrogens (tertiary/aromatic N) is 2. The third-order valence-corrected chi connectivity index (χ3v) is 3.95. The second kappa shape index (κ2) is 6.81. The van der Waals surface area contributed by atoms with Crippen molar-refractivity contribution in [2.24, 2.45) is 5.73 Å². The Morgan fingerprint density at radius 3 is 2.55 bits per heavy atom. The molecule has 2 N–H and O–H groups in total. The number of thiocarbonyl (C=S) groups is 1. The quantitative estimate of drug-likeness (QED) is 0.838. The summed E-state index contributed by atoms with van der Waals surface area (Å²) in [7, 11) is 0. The summed E-state index contributed by atoms with van der Waals surface area (Å²) < 4.78 is 0.999. The Hall–Kier alpha value is -1.46. The maximum atomic E-state index is 5.65. The molecule has 2 rings (SSSR count). The molecular weight excluding hydrogens is 334 g/mol. The van der Waals surface area contributed by atoms with Crippen LogP contribution < -0.4 is 10.6 Å². The van der Waals surface area contributed by atoms with Crippen molar-refractivity contribution in [2.75, 3.05) is 11.4 Å². The normalized spacial score (nSPS) is 10.3. The number of pyridine rings is 1. The molecular formula is C15H16BrN3S. The Morgan fingerprint density at radius 1 is 1.30 bits per heavy atom. The maximum Gasteiger partial charge on any atom is 0.104 e. The zero-order valence-corrected chi connectivity index (χ0v) is 13.6. The van der Waals surface area contributed by atoms with E-state index in [-0.39, 0.29) is 0 Å². The fourth-order valence-corrected chi connectivity index (χ4v) is 2.75. The Kier molecular flexibility index (Phi) is 5.09. The van der Waals surface area contributed by atoms with Crippen LogP contribution in [-0.2, 0) is 6.54 Å². The average molecular weight is 350 g/mol. The number of hydrogen-bond donors (Lipinski definition) is 1. The van der Waals surface area contributed by atoms with Crippen molar-refractivity contribution in [2.45, 2.75) is 13.5 Å². The number of rotatable bonds is 5. The van der Waals surface area contributed by atoms with E-state index in [1.54, 1.807) is 0 Å². The van der Waals surface area contributed by atoms with Crippen molar-refractivity contribution in [3.63, 3.8) is 0 Å². The topological polar surface area (TPSA) is 42.2 Å². The summed E-state index contributed by atoms with van der Waals surface area (Å²) in [6, 6.07) is 10.0. The van der Waals surface area contributed by atoms with Gasteiger partial charge in [0.25, 0.3) is 0 Å². The molecule has 0 unspecified atom stereocenters. The lowest BCUT2D eigenvalue weighted by molar-refractivity contribution is 0.828. The Morgan fingerprint density at radius 2 is 2.00 bits per heavy atom. The smallest absolute Gasteiger partial charge is 0.104 e. The van der Waals surface area contributed by atoms with E-state index in [2.05, 4.69) is 32.7 Å². The monoisotopic (exact) mass is 349 g/mol. The van der Waals surface area contributed by atoms with Crippen LogP contribution in [0.25, 0.3) is 0 Å². The molecule has 0 spiro atoms. The van der Waals surface area contributed by atoms with E-state index in [1.165, 1.54) is 5.56 Å². The van der Waals surface area contributed by atoms with Gasteiger partial charge < -0.3 is 10.6 Å². The van der Waals surface area contributed by atoms with E-state index in [4.69, 9.17) is 18.0 Å². The van der Waals surface area contributed by atoms with Gasteiger partial charge in [-0.3, -0.25) is 4.98 Å². The highest BCUT2D eigenvalue weighted by Crippen LogP contribution is 2.28. The fourth-order valence-electron chi connectivity index (χ4n) is 1.99. The van der Waals surface area contributed by atoms with E-state index in [0.717, 1.165) is 28.8 Å². The number of anilines is 1. The zero-order chi connectivity index (χ0) is 14.5. The summed E-state index contributed by atoms with van der Waals surface area (Å²) >= 11 is 8.60. The summed E-state index contributed by atoms with van der Waals surface area (Å²) in [6.45, 7) is 3.88. The lowest BCUT2D eigenvalue weighted by Crippen LogP contribution is -2.22. The van der Waals surface area contributed by atoms with Crippen LogP contribution in [0.5, 0.6) is 0 Å². The predicted octanol–water partition coefficient (Wildman–Crippen LogP) is 3.50. The lowest BCUT2D eigenvalue weighted by Gasteiger charge is -2.24. The molecule has 0 aliphatic carbocycles. The minimum Gasteiger partial charge on any atom is -0.389 e. The fraction of sp³-hybridized carbons (Fsp3) is 0.200. The first-order valence-corrected chi connectivity index (χ1v) is 7.55. The van der Waals surface area contributed by atoms with Crippen LogP contribution in [0.4, 0.5) is 5.69 Å². The molecule has 0 bridgehead atoms. The van der Waals surface area contributed by atoms with Crippen molar-refractivity contribution in [1.82, 2.24) is 4.98 Å². The summed E-state index contributed by atoms with van der Waals surface area (Å²) in [5.41, 5.74) is 8.88. The number of halogens is 1. The van der Waals surface area contributed by atoms with Gasteiger partial charge in [0.2, 0.25) is 0 Å². The zero-order valence-electron chi connectivity index (χ0n) is 11.2. The largest absolute Gasteiger partial charge is 0.389 e. The molecule has 1 aromatic heterocycles. The molecule has 0 aliphatic rings. The van der Waals surface area contributed by atoms with Crippen LogP contribution in [0.2, 0.25) is 0 Å². The van der Waals surface area contributed by atoms with Crippen LogP contribution in [-0.4, -0.2) is 16.5 Å². The van der Waals surface area contributed by atoms with Gasteiger partial charge in [-0.15, -0.1) is 0 Å². The van der Waals surface area contributed by atoms with E-state index in [1.807, 2.05) is 42.7 Å². The minimum atomic E-state index is 0.412. The molecule has 1 aromatic carbocycles. The Balaban J connectivity index is 2.26. The van der Waals surface area contributed by atoms with E-state index in [9.17, 15) is 0 Å². The standard InChI is InChI=1S/C15H16BrN3S/c1-2-19(10-11-5-7-18-8-6-11)14-4-3-12(15(17)20)9-13(14)16/h3-9H,2,10H2,1H3,(H2,17,20). The number of benzene rings is 1. The molecule has 3 nitrogen and oxygen atoms in total. The molecule has 0 radical (unpaired) electrons. The Labute approximate surface area is 132 Å². The molecule has 0 amide bonds. The molecule has 5 heteroatoms. The molecule has 0 saturated carbocycles. The van der Waals surface area contributed by atoms with Crippen LogP contribution in [0, 0.1) is 0 Å². The van der Waals surface area contributed by atoms with E-state index >= 15 is 0 Å². The van der Waals surface area contributed by atoms with Gasteiger partial charge in [-0.1, -0.05) is 12.2 Å². The predicted molar refractivity (Wildman–Crippen MR) is 91.0 cm³/mol. The second-order valence-electron chi connectivity index (χ2n) is 4.40. The minimum absolute atomic E-state index is 0.412. The first-order valence-electron chi connectivity index (χ1n) is 6.35. The van der Waals surface area contributed by atoms with Crippen molar-refractivity contribution in [1.29, 1.82) is 0 Å². The summed E-state index contributed by atoms with van der Waals surface area (Å²) in [5, 5.41) is 0. The van der Waals surface area contributed by atoms with Gasteiger partial charge in [-0.05, 0) is 58.7 Å². The molecule has 0 atom stereocenters. The average Bonchev–Trinajstić information content (AvgIpc) is 2.46. The van der Waals surface area contributed by atoms with Gasteiger partial charge in [-0.25, -0.2) is 0 Å². The molecule has 104 valence electrons. The van der Waals surface area contributed by atoms with Crippen molar-refractivity contribution in [3.05, 3.63) is 58.3 Å². The van der Waals surface area contributed by atoms with E-state index in [0.29, 0.717) is 4.99 Å². The molecule has 0 fully saturated rings. The second-order valence-corrected chi connectivity index (χ2v) is 5.69. The van der Waals surface area contributed by atoms with Gasteiger partial charge in [-0.2, -0.15) is 0 Å². The highest BCUT2D eigenvalue weighted by atomic mass is 79.9. The van der Waals surface area contributed by atoms with E-state index < -0.39 is 0 Å². The SMILES string of the molecule is CCN(Cc1ccncc1)c1ccc(C(N)=S)cc1Br. The highest BCUT2D eigenvalue weighted by molar-refractivity contribution is 9.10. The summed E-state index contributed by atoms with van der Waals surface area (Å²) in [6.07, 6.45) is 3.63.